The first-order valence-corrected chi connectivity index (χ1v) is 14.7. The summed E-state index contributed by atoms with van der Waals surface area (Å²) >= 11 is 0. The number of aryl methyl sites for hydroxylation is 1. The van der Waals surface area contributed by atoms with Crippen LogP contribution in [0.4, 0.5) is 0 Å². The van der Waals surface area contributed by atoms with Gasteiger partial charge in [-0.2, -0.15) is 0 Å². The van der Waals surface area contributed by atoms with Crippen molar-refractivity contribution in [2.75, 3.05) is 39.3 Å². The van der Waals surface area contributed by atoms with Crippen LogP contribution in [0.5, 0.6) is 5.75 Å². The van der Waals surface area contributed by atoms with Crippen molar-refractivity contribution in [1.82, 2.24) is 14.5 Å². The van der Waals surface area contributed by atoms with Crippen LogP contribution in [-0.2, 0) is 26.0 Å². The van der Waals surface area contributed by atoms with Crippen molar-refractivity contribution < 1.29 is 32.6 Å². The molecule has 2 heterocycles. The number of nitrogens with zero attached hydrogens (tertiary/aromatic N) is 2. The van der Waals surface area contributed by atoms with E-state index in [0.29, 0.717) is 49.7 Å². The van der Waals surface area contributed by atoms with Crippen molar-refractivity contribution in [3.63, 3.8) is 0 Å². The van der Waals surface area contributed by atoms with E-state index in [2.05, 4.69) is 4.72 Å². The van der Waals surface area contributed by atoms with E-state index in [1.54, 1.807) is 68.1 Å². The van der Waals surface area contributed by atoms with Gasteiger partial charge in [0.05, 0.1) is 24.1 Å². The van der Waals surface area contributed by atoms with Crippen LogP contribution in [-0.4, -0.2) is 86.2 Å². The van der Waals surface area contributed by atoms with Gasteiger partial charge in [0.25, 0.3) is 5.91 Å². The molecule has 1 saturated heterocycles. The Labute approximate surface area is 229 Å². The minimum Gasteiger partial charge on any atom is -0.485 e. The van der Waals surface area contributed by atoms with Gasteiger partial charge < -0.3 is 19.5 Å². The van der Waals surface area contributed by atoms with Crippen LogP contribution < -0.4 is 9.46 Å². The first kappa shape index (κ1) is 29.0. The normalized spacial score (nSPS) is 21.1. The van der Waals surface area contributed by atoms with E-state index < -0.39 is 27.8 Å². The summed E-state index contributed by atoms with van der Waals surface area (Å²) in [4.78, 5) is 28.9. The predicted molar refractivity (Wildman–Crippen MR) is 145 cm³/mol. The summed E-state index contributed by atoms with van der Waals surface area (Å²) in [5, 5.41) is 11.2. The molecule has 0 bridgehead atoms. The number of sulfonamides is 1. The second kappa shape index (κ2) is 11.6. The Bertz CT molecular complexity index is 1300. The number of benzene rings is 2. The van der Waals surface area contributed by atoms with Crippen LogP contribution in [0.15, 0.2) is 47.4 Å². The summed E-state index contributed by atoms with van der Waals surface area (Å²) in [5.41, 5.74) is 0.686. The molecule has 2 aliphatic heterocycles. The van der Waals surface area contributed by atoms with Gasteiger partial charge in [-0.1, -0.05) is 19.1 Å². The van der Waals surface area contributed by atoms with Crippen molar-refractivity contribution in [3.8, 4) is 5.75 Å². The zero-order chi connectivity index (χ0) is 28.4. The van der Waals surface area contributed by atoms with Crippen LogP contribution in [0.2, 0.25) is 0 Å². The van der Waals surface area contributed by atoms with E-state index in [1.807, 2.05) is 11.8 Å². The molecule has 2 aliphatic rings. The molecule has 0 saturated carbocycles. The van der Waals surface area contributed by atoms with Crippen LogP contribution >= 0.6 is 0 Å². The maximum atomic E-state index is 13.4. The van der Waals surface area contributed by atoms with Crippen molar-refractivity contribution in [3.05, 3.63) is 59.2 Å². The molecule has 0 spiro atoms. The number of carbonyl (C=O) groups excluding carboxylic acids is 2. The third kappa shape index (κ3) is 6.43. The summed E-state index contributed by atoms with van der Waals surface area (Å²) in [6, 6.07) is 10.5. The SMILES string of the molecule is CCOC(=O)CN1CCN(C(=O)c2ccc3c(c2)[C@@H](NS(=O)(=O)c2ccc(CC)cc2)[C@H](O)C(C)(C)O3)CC1. The number of ether oxygens (including phenoxy) is 2. The Morgan fingerprint density at radius 3 is 2.36 bits per heavy atom. The molecule has 1 fully saturated rings. The number of esters is 1. The quantitative estimate of drug-likeness (QED) is 0.471. The number of nitrogens with one attached hydrogen (secondary N) is 1. The number of rotatable bonds is 8. The average Bonchev–Trinajstić information content (AvgIpc) is 2.91. The molecule has 4 rings (SSSR count). The highest BCUT2D eigenvalue weighted by Crippen LogP contribution is 2.41. The number of aliphatic hydroxyl groups is 1. The summed E-state index contributed by atoms with van der Waals surface area (Å²) < 4.78 is 40.3. The average molecular weight is 560 g/mol. The number of aliphatic hydroxyl groups excluding tert-OH is 1. The van der Waals surface area contributed by atoms with Gasteiger partial charge in [-0.15, -0.1) is 0 Å². The Morgan fingerprint density at radius 2 is 1.74 bits per heavy atom. The first-order valence-electron chi connectivity index (χ1n) is 13.2. The summed E-state index contributed by atoms with van der Waals surface area (Å²) in [6.07, 6.45) is -0.433. The molecule has 1 amide bonds. The minimum absolute atomic E-state index is 0.0886. The highest BCUT2D eigenvalue weighted by atomic mass is 32.2. The third-order valence-electron chi connectivity index (χ3n) is 7.23. The van der Waals surface area contributed by atoms with E-state index in [9.17, 15) is 23.1 Å². The van der Waals surface area contributed by atoms with Crippen molar-refractivity contribution in [2.24, 2.45) is 0 Å². The highest BCUT2D eigenvalue weighted by Gasteiger charge is 2.45. The van der Waals surface area contributed by atoms with Crippen LogP contribution in [0.1, 0.15) is 55.2 Å². The number of carbonyl (C=O) groups is 2. The second-order valence-corrected chi connectivity index (χ2v) is 12.1. The molecule has 2 N–H and O–H groups in total. The molecular formula is C28H37N3O7S. The van der Waals surface area contributed by atoms with Gasteiger partial charge in [0.1, 0.15) is 17.5 Å². The number of fused-ring (bicyclic) bond motifs is 1. The predicted octanol–water partition coefficient (Wildman–Crippen LogP) is 2.12. The Kier molecular flexibility index (Phi) is 8.65. The molecule has 39 heavy (non-hydrogen) atoms. The molecule has 2 aromatic carbocycles. The summed E-state index contributed by atoms with van der Waals surface area (Å²) in [5.74, 6) is -0.108. The van der Waals surface area contributed by atoms with Gasteiger partial charge >= 0.3 is 5.97 Å². The van der Waals surface area contributed by atoms with E-state index in [0.717, 1.165) is 12.0 Å². The Morgan fingerprint density at radius 1 is 1.08 bits per heavy atom. The fourth-order valence-corrected chi connectivity index (χ4v) is 6.10. The smallest absolute Gasteiger partial charge is 0.320 e. The fourth-order valence-electron chi connectivity index (χ4n) is 4.88. The summed E-state index contributed by atoms with van der Waals surface area (Å²) in [7, 11) is -3.99. The Hall–Kier alpha value is -2.99. The van der Waals surface area contributed by atoms with E-state index >= 15 is 0 Å². The third-order valence-corrected chi connectivity index (χ3v) is 8.69. The van der Waals surface area contributed by atoms with Crippen LogP contribution in [0, 0.1) is 0 Å². The maximum Gasteiger partial charge on any atom is 0.320 e. The van der Waals surface area contributed by atoms with Crippen molar-refractivity contribution >= 4 is 21.9 Å². The molecule has 0 aromatic heterocycles. The molecule has 2 aromatic rings. The monoisotopic (exact) mass is 559 g/mol. The zero-order valence-corrected chi connectivity index (χ0v) is 23.7. The van der Waals surface area contributed by atoms with Gasteiger partial charge in [0.2, 0.25) is 10.0 Å². The molecule has 0 radical (unpaired) electrons. The molecule has 2 atom stereocenters. The Balaban J connectivity index is 1.55. The zero-order valence-electron chi connectivity index (χ0n) is 22.8. The number of amides is 1. The standard InChI is InChI=1S/C28H37N3O7S/c1-5-19-7-10-21(11-8-19)39(35,36)29-25-22-17-20(9-12-23(22)38-28(3,4)26(25)33)27(34)31-15-13-30(14-16-31)18-24(32)37-6-2/h7-12,17,25-26,29,33H,5-6,13-16,18H2,1-4H3/t25-,26+/m1/s1. The van der Waals surface area contributed by atoms with Crippen LogP contribution in [0.25, 0.3) is 0 Å². The molecule has 0 aliphatic carbocycles. The van der Waals surface area contributed by atoms with Gasteiger partial charge in [0.15, 0.2) is 0 Å². The van der Waals surface area contributed by atoms with Gasteiger partial charge in [0, 0.05) is 37.3 Å². The molecule has 0 unspecified atom stereocenters. The van der Waals surface area contributed by atoms with Crippen LogP contribution in [0.3, 0.4) is 0 Å². The lowest BCUT2D eigenvalue weighted by Gasteiger charge is -2.42. The topological polar surface area (TPSA) is 125 Å². The van der Waals surface area contributed by atoms with E-state index in [4.69, 9.17) is 9.47 Å². The molecular weight excluding hydrogens is 522 g/mol. The fraction of sp³-hybridized carbons (Fsp3) is 0.500. The second-order valence-electron chi connectivity index (χ2n) is 10.4. The largest absolute Gasteiger partial charge is 0.485 e. The summed E-state index contributed by atoms with van der Waals surface area (Å²) in [6.45, 7) is 9.57. The van der Waals surface area contributed by atoms with Gasteiger partial charge in [-0.05, 0) is 63.1 Å². The van der Waals surface area contributed by atoms with Gasteiger partial charge in [-0.3, -0.25) is 14.5 Å². The van der Waals surface area contributed by atoms with E-state index in [-0.39, 0.29) is 23.3 Å². The first-order chi connectivity index (χ1) is 18.4. The lowest BCUT2D eigenvalue weighted by Crippen LogP contribution is -2.53. The van der Waals surface area contributed by atoms with Crippen molar-refractivity contribution in [2.45, 2.75) is 56.8 Å². The van der Waals surface area contributed by atoms with E-state index in [1.165, 1.54) is 0 Å². The maximum absolute atomic E-state index is 13.4. The number of hydrogen-bond donors (Lipinski definition) is 2. The molecule has 10 nitrogen and oxygen atoms in total. The number of piperazine rings is 1. The van der Waals surface area contributed by atoms with Gasteiger partial charge in [-0.25, -0.2) is 13.1 Å². The molecule has 212 valence electrons. The lowest BCUT2D eigenvalue weighted by molar-refractivity contribution is -0.144. The molecule has 11 heteroatoms. The highest BCUT2D eigenvalue weighted by molar-refractivity contribution is 7.89. The minimum atomic E-state index is -3.99. The van der Waals surface area contributed by atoms with Crippen molar-refractivity contribution in [1.29, 1.82) is 0 Å². The number of hydrogen-bond acceptors (Lipinski definition) is 8. The lowest BCUT2D eigenvalue weighted by atomic mass is 9.86.